The zero-order valence-corrected chi connectivity index (χ0v) is 9.87. The van der Waals surface area contributed by atoms with Crippen LogP contribution in [0.3, 0.4) is 0 Å². The molecule has 0 aromatic carbocycles. The predicted molar refractivity (Wildman–Crippen MR) is 60.6 cm³/mol. The molecule has 82 valence electrons. The third-order valence-corrected chi connectivity index (χ3v) is 2.54. The van der Waals surface area contributed by atoms with E-state index >= 15 is 0 Å². The molecular formula is C12H18N2O. The highest BCUT2D eigenvalue weighted by atomic mass is 16.1. The topological polar surface area (TPSA) is 34.4 Å². The number of aliphatic imine (C=N–C) groups is 1. The fourth-order valence-electron chi connectivity index (χ4n) is 1.80. The van der Waals surface area contributed by atoms with E-state index in [0.29, 0.717) is 12.5 Å². The molecule has 3 nitrogen and oxygen atoms in total. The SMILES string of the molecule is Cc1cc(CN=C=O)c(C)n1CC(C)C. The predicted octanol–water partition coefficient (Wildman–Crippen LogP) is 2.60. The van der Waals surface area contributed by atoms with Crippen molar-refractivity contribution in [3.8, 4) is 0 Å². The van der Waals surface area contributed by atoms with Crippen molar-refractivity contribution >= 4 is 6.08 Å². The van der Waals surface area contributed by atoms with Gasteiger partial charge in [0.25, 0.3) is 0 Å². The Bertz CT molecular complexity index is 385. The van der Waals surface area contributed by atoms with Gasteiger partial charge in [0.1, 0.15) is 0 Å². The first-order valence-corrected chi connectivity index (χ1v) is 5.25. The molecule has 0 aliphatic carbocycles. The highest BCUT2D eigenvalue weighted by Gasteiger charge is 2.09. The zero-order valence-electron chi connectivity index (χ0n) is 9.87. The highest BCUT2D eigenvalue weighted by Crippen LogP contribution is 2.17. The Kier molecular flexibility index (Phi) is 3.87. The van der Waals surface area contributed by atoms with Crippen LogP contribution in [-0.4, -0.2) is 10.6 Å². The summed E-state index contributed by atoms with van der Waals surface area (Å²) in [6.45, 7) is 10.0. The Morgan fingerprint density at radius 3 is 2.67 bits per heavy atom. The van der Waals surface area contributed by atoms with Crippen LogP contribution in [0.1, 0.15) is 30.8 Å². The molecule has 0 saturated heterocycles. The minimum atomic E-state index is 0.446. The third kappa shape index (κ3) is 2.80. The van der Waals surface area contributed by atoms with Crippen LogP contribution in [-0.2, 0) is 17.9 Å². The second-order valence-corrected chi connectivity index (χ2v) is 4.31. The van der Waals surface area contributed by atoms with E-state index in [4.69, 9.17) is 0 Å². The molecule has 0 N–H and O–H groups in total. The lowest BCUT2D eigenvalue weighted by Gasteiger charge is -2.12. The molecule has 1 aromatic rings. The quantitative estimate of drug-likeness (QED) is 0.550. The Hall–Kier alpha value is -1.34. The lowest BCUT2D eigenvalue weighted by Crippen LogP contribution is -2.07. The molecule has 1 rings (SSSR count). The van der Waals surface area contributed by atoms with E-state index in [1.54, 1.807) is 6.08 Å². The van der Waals surface area contributed by atoms with E-state index in [1.807, 2.05) is 0 Å². The first kappa shape index (κ1) is 11.7. The van der Waals surface area contributed by atoms with Gasteiger partial charge in [-0.2, -0.15) is 0 Å². The molecule has 0 unspecified atom stereocenters. The van der Waals surface area contributed by atoms with E-state index in [2.05, 4.69) is 43.3 Å². The maximum atomic E-state index is 10.1. The van der Waals surface area contributed by atoms with Gasteiger partial charge >= 0.3 is 0 Å². The zero-order chi connectivity index (χ0) is 11.4. The van der Waals surface area contributed by atoms with Gasteiger partial charge in [-0.1, -0.05) is 13.8 Å². The summed E-state index contributed by atoms with van der Waals surface area (Å²) in [6.07, 6.45) is 1.58. The number of carbonyl (C=O) groups excluding carboxylic acids is 1. The summed E-state index contributed by atoms with van der Waals surface area (Å²) in [4.78, 5) is 13.7. The van der Waals surface area contributed by atoms with Crippen molar-refractivity contribution in [2.75, 3.05) is 0 Å². The van der Waals surface area contributed by atoms with Crippen LogP contribution in [0.5, 0.6) is 0 Å². The van der Waals surface area contributed by atoms with Crippen LogP contribution in [0.25, 0.3) is 0 Å². The molecule has 1 aromatic heterocycles. The number of aryl methyl sites for hydroxylation is 1. The number of isocyanates is 1. The summed E-state index contributed by atoms with van der Waals surface area (Å²) < 4.78 is 2.28. The summed E-state index contributed by atoms with van der Waals surface area (Å²) in [7, 11) is 0. The van der Waals surface area contributed by atoms with Gasteiger partial charge in [-0.25, -0.2) is 9.79 Å². The fraction of sp³-hybridized carbons (Fsp3) is 0.583. The van der Waals surface area contributed by atoms with E-state index in [9.17, 15) is 4.79 Å². The Balaban J connectivity index is 2.97. The number of rotatable bonds is 4. The van der Waals surface area contributed by atoms with Gasteiger partial charge in [0, 0.05) is 17.9 Å². The van der Waals surface area contributed by atoms with Gasteiger partial charge in [-0.3, -0.25) is 0 Å². The lowest BCUT2D eigenvalue weighted by atomic mass is 10.2. The van der Waals surface area contributed by atoms with Crippen LogP contribution >= 0.6 is 0 Å². The molecule has 0 aliphatic heterocycles. The van der Waals surface area contributed by atoms with Crippen LogP contribution in [0.15, 0.2) is 11.1 Å². The number of aromatic nitrogens is 1. The second-order valence-electron chi connectivity index (χ2n) is 4.31. The molecule has 0 spiro atoms. The molecule has 0 atom stereocenters. The van der Waals surface area contributed by atoms with Gasteiger partial charge in [-0.15, -0.1) is 0 Å². The van der Waals surface area contributed by atoms with Gasteiger partial charge < -0.3 is 4.57 Å². The van der Waals surface area contributed by atoms with Gasteiger partial charge in [0.05, 0.1) is 6.54 Å². The van der Waals surface area contributed by atoms with Crippen LogP contribution in [0.2, 0.25) is 0 Å². The number of hydrogen-bond donors (Lipinski definition) is 0. The minimum absolute atomic E-state index is 0.446. The van der Waals surface area contributed by atoms with Crippen LogP contribution in [0, 0.1) is 19.8 Å². The standard InChI is InChI=1S/C12H18N2O/c1-9(2)7-14-10(3)5-12(11(14)4)6-13-8-15/h5,9H,6-7H2,1-4H3. The van der Waals surface area contributed by atoms with Gasteiger partial charge in [0.2, 0.25) is 6.08 Å². The molecule has 0 fully saturated rings. The Morgan fingerprint density at radius 1 is 1.47 bits per heavy atom. The molecule has 0 aliphatic rings. The Morgan fingerprint density at radius 2 is 2.13 bits per heavy atom. The van der Waals surface area contributed by atoms with Crippen molar-refractivity contribution < 1.29 is 4.79 Å². The molecule has 1 heterocycles. The van der Waals surface area contributed by atoms with Crippen LogP contribution in [0.4, 0.5) is 0 Å². The first-order chi connectivity index (χ1) is 7.06. The summed E-state index contributed by atoms with van der Waals surface area (Å²) in [5, 5.41) is 0. The first-order valence-electron chi connectivity index (χ1n) is 5.25. The highest BCUT2D eigenvalue weighted by molar-refractivity contribution is 5.35. The number of hydrogen-bond acceptors (Lipinski definition) is 2. The third-order valence-electron chi connectivity index (χ3n) is 2.54. The normalized spacial score (nSPS) is 10.5. The minimum Gasteiger partial charge on any atom is -0.349 e. The molecule has 0 bridgehead atoms. The smallest absolute Gasteiger partial charge is 0.235 e. The average Bonchev–Trinajstić information content (AvgIpc) is 2.42. The summed E-state index contributed by atoms with van der Waals surface area (Å²) in [5.74, 6) is 0.622. The van der Waals surface area contributed by atoms with Crippen molar-refractivity contribution in [2.24, 2.45) is 10.9 Å². The largest absolute Gasteiger partial charge is 0.349 e. The maximum absolute atomic E-state index is 10.1. The molecule has 3 heteroatoms. The molecule has 0 saturated carbocycles. The van der Waals surface area contributed by atoms with E-state index in [1.165, 1.54) is 11.4 Å². The summed E-state index contributed by atoms with van der Waals surface area (Å²) in [5.41, 5.74) is 3.56. The van der Waals surface area contributed by atoms with Gasteiger partial charge in [0.15, 0.2) is 0 Å². The summed E-state index contributed by atoms with van der Waals surface area (Å²) >= 11 is 0. The molecular weight excluding hydrogens is 188 g/mol. The Labute approximate surface area is 90.8 Å². The molecule has 0 radical (unpaired) electrons. The monoisotopic (exact) mass is 206 g/mol. The van der Waals surface area contributed by atoms with E-state index in [-0.39, 0.29) is 0 Å². The van der Waals surface area contributed by atoms with Gasteiger partial charge in [-0.05, 0) is 31.4 Å². The van der Waals surface area contributed by atoms with Crippen molar-refractivity contribution in [1.29, 1.82) is 0 Å². The van der Waals surface area contributed by atoms with Crippen molar-refractivity contribution in [3.05, 3.63) is 23.0 Å². The average molecular weight is 206 g/mol. The second kappa shape index (κ2) is 4.94. The van der Waals surface area contributed by atoms with Crippen molar-refractivity contribution in [1.82, 2.24) is 4.57 Å². The lowest BCUT2D eigenvalue weighted by molar-refractivity contribution is 0.508. The molecule has 15 heavy (non-hydrogen) atoms. The molecule has 0 amide bonds. The van der Waals surface area contributed by atoms with Crippen molar-refractivity contribution in [3.63, 3.8) is 0 Å². The maximum Gasteiger partial charge on any atom is 0.235 e. The van der Waals surface area contributed by atoms with E-state index in [0.717, 1.165) is 12.1 Å². The number of nitrogens with zero attached hydrogens (tertiary/aromatic N) is 2. The fourth-order valence-corrected chi connectivity index (χ4v) is 1.80. The van der Waals surface area contributed by atoms with Crippen molar-refractivity contribution in [2.45, 2.75) is 40.8 Å². The van der Waals surface area contributed by atoms with Crippen LogP contribution < -0.4 is 0 Å². The summed E-state index contributed by atoms with van der Waals surface area (Å²) in [6, 6.07) is 2.10. The van der Waals surface area contributed by atoms with E-state index < -0.39 is 0 Å².